The highest BCUT2D eigenvalue weighted by Crippen LogP contribution is 2.19. The van der Waals surface area contributed by atoms with E-state index in [0.29, 0.717) is 25.1 Å². The van der Waals surface area contributed by atoms with Gasteiger partial charge in [0.05, 0.1) is 10.5 Å². The van der Waals surface area contributed by atoms with Crippen molar-refractivity contribution in [1.82, 2.24) is 4.31 Å². The van der Waals surface area contributed by atoms with Crippen LogP contribution < -0.4 is 0 Å². The highest BCUT2D eigenvalue weighted by molar-refractivity contribution is 7.89. The van der Waals surface area contributed by atoms with Crippen LogP contribution in [0.3, 0.4) is 0 Å². The lowest BCUT2D eigenvalue weighted by Gasteiger charge is -2.17. The highest BCUT2D eigenvalue weighted by Gasteiger charge is 2.22. The van der Waals surface area contributed by atoms with Crippen LogP contribution in [0.2, 0.25) is 0 Å². The van der Waals surface area contributed by atoms with Crippen molar-refractivity contribution >= 4 is 16.0 Å². The maximum absolute atomic E-state index is 12.3. The van der Waals surface area contributed by atoms with E-state index in [-0.39, 0.29) is 10.5 Å². The Morgan fingerprint density at radius 2 is 2.05 bits per heavy atom. The van der Waals surface area contributed by atoms with Crippen molar-refractivity contribution in [3.63, 3.8) is 0 Å². The standard InChI is InChI=1S/C13H19NO5S/c1-10-5-6-11(9-12(10)13(15)16)20(17,18)14(2)7-4-8-19-3/h5-6,9H,4,7-8H2,1-3H3,(H,15,16). The molecule has 20 heavy (non-hydrogen) atoms. The second-order valence-electron chi connectivity index (χ2n) is 4.45. The van der Waals surface area contributed by atoms with E-state index in [2.05, 4.69) is 0 Å². The van der Waals surface area contributed by atoms with Gasteiger partial charge in [-0.05, 0) is 31.0 Å². The maximum Gasteiger partial charge on any atom is 0.335 e. The fourth-order valence-corrected chi connectivity index (χ4v) is 2.96. The van der Waals surface area contributed by atoms with Crippen LogP contribution in [-0.4, -0.2) is 51.1 Å². The quantitative estimate of drug-likeness (QED) is 0.769. The molecular formula is C13H19NO5S. The lowest BCUT2D eigenvalue weighted by atomic mass is 10.1. The van der Waals surface area contributed by atoms with Crippen LogP contribution in [0.15, 0.2) is 23.1 Å². The number of carboxylic acid groups (broad SMARTS) is 1. The average Bonchev–Trinajstić information content (AvgIpc) is 2.38. The zero-order valence-corrected chi connectivity index (χ0v) is 12.6. The first kappa shape index (κ1) is 16.6. The molecule has 0 aliphatic carbocycles. The fraction of sp³-hybridized carbons (Fsp3) is 0.462. The fourth-order valence-electron chi connectivity index (χ4n) is 1.72. The van der Waals surface area contributed by atoms with Gasteiger partial charge in [-0.1, -0.05) is 6.07 Å². The molecule has 0 atom stereocenters. The van der Waals surface area contributed by atoms with Crippen molar-refractivity contribution < 1.29 is 23.1 Å². The zero-order valence-electron chi connectivity index (χ0n) is 11.8. The Labute approximate surface area is 119 Å². The summed E-state index contributed by atoms with van der Waals surface area (Å²) in [6.45, 7) is 2.41. The first-order valence-corrected chi connectivity index (χ1v) is 7.54. The summed E-state index contributed by atoms with van der Waals surface area (Å²) in [4.78, 5) is 11.0. The van der Waals surface area contributed by atoms with Gasteiger partial charge in [0.2, 0.25) is 10.0 Å². The second kappa shape index (κ2) is 6.83. The summed E-state index contributed by atoms with van der Waals surface area (Å²) in [5.41, 5.74) is 0.523. The smallest absolute Gasteiger partial charge is 0.335 e. The van der Waals surface area contributed by atoms with Crippen molar-refractivity contribution in [3.8, 4) is 0 Å². The lowest BCUT2D eigenvalue weighted by molar-refractivity contribution is 0.0696. The van der Waals surface area contributed by atoms with Crippen LogP contribution in [-0.2, 0) is 14.8 Å². The van der Waals surface area contributed by atoms with E-state index >= 15 is 0 Å². The molecule has 0 aliphatic heterocycles. The van der Waals surface area contributed by atoms with Gasteiger partial charge in [-0.2, -0.15) is 0 Å². The Bertz CT molecular complexity index is 582. The van der Waals surface area contributed by atoms with E-state index in [1.807, 2.05) is 0 Å². The summed E-state index contributed by atoms with van der Waals surface area (Å²) in [6, 6.07) is 4.11. The van der Waals surface area contributed by atoms with Gasteiger partial charge in [0, 0.05) is 27.3 Å². The van der Waals surface area contributed by atoms with Gasteiger partial charge in [-0.15, -0.1) is 0 Å². The highest BCUT2D eigenvalue weighted by atomic mass is 32.2. The molecule has 0 saturated carbocycles. The van der Waals surface area contributed by atoms with Crippen LogP contribution in [0.25, 0.3) is 0 Å². The maximum atomic E-state index is 12.3. The summed E-state index contributed by atoms with van der Waals surface area (Å²) in [5, 5.41) is 9.04. The summed E-state index contributed by atoms with van der Waals surface area (Å²) in [5.74, 6) is -1.14. The zero-order chi connectivity index (χ0) is 15.3. The van der Waals surface area contributed by atoms with Crippen LogP contribution in [0.5, 0.6) is 0 Å². The van der Waals surface area contributed by atoms with Gasteiger partial charge in [0.25, 0.3) is 0 Å². The van der Waals surface area contributed by atoms with E-state index in [0.717, 1.165) is 0 Å². The minimum Gasteiger partial charge on any atom is -0.478 e. The van der Waals surface area contributed by atoms with Gasteiger partial charge in [0.1, 0.15) is 0 Å². The Balaban J connectivity index is 3.03. The average molecular weight is 301 g/mol. The van der Waals surface area contributed by atoms with E-state index < -0.39 is 16.0 Å². The molecule has 0 amide bonds. The van der Waals surface area contributed by atoms with Crippen molar-refractivity contribution in [2.45, 2.75) is 18.2 Å². The number of methoxy groups -OCH3 is 1. The monoisotopic (exact) mass is 301 g/mol. The first-order valence-electron chi connectivity index (χ1n) is 6.10. The molecule has 0 fully saturated rings. The molecule has 6 nitrogen and oxygen atoms in total. The minimum absolute atomic E-state index is 0.00336. The Hall–Kier alpha value is -1.44. The van der Waals surface area contributed by atoms with Crippen LogP contribution >= 0.6 is 0 Å². The summed E-state index contributed by atoms with van der Waals surface area (Å²) in [6.07, 6.45) is 0.573. The molecule has 0 radical (unpaired) electrons. The van der Waals surface area contributed by atoms with Gasteiger partial charge < -0.3 is 9.84 Å². The van der Waals surface area contributed by atoms with E-state index in [9.17, 15) is 13.2 Å². The molecule has 1 N–H and O–H groups in total. The summed E-state index contributed by atoms with van der Waals surface area (Å²) in [7, 11) is -0.665. The van der Waals surface area contributed by atoms with E-state index in [1.165, 1.54) is 29.6 Å². The van der Waals surface area contributed by atoms with E-state index in [4.69, 9.17) is 9.84 Å². The lowest BCUT2D eigenvalue weighted by Crippen LogP contribution is -2.28. The molecule has 0 spiro atoms. The van der Waals surface area contributed by atoms with Crippen LogP contribution in [0.4, 0.5) is 0 Å². The Morgan fingerprint density at radius 3 is 2.60 bits per heavy atom. The second-order valence-corrected chi connectivity index (χ2v) is 6.50. The topological polar surface area (TPSA) is 83.9 Å². The number of benzene rings is 1. The number of rotatable bonds is 7. The van der Waals surface area contributed by atoms with Crippen molar-refractivity contribution in [3.05, 3.63) is 29.3 Å². The molecule has 112 valence electrons. The molecule has 0 saturated heterocycles. The molecule has 0 bridgehead atoms. The van der Waals surface area contributed by atoms with E-state index in [1.54, 1.807) is 14.0 Å². The predicted octanol–water partition coefficient (Wildman–Crippen LogP) is 1.35. The third-order valence-electron chi connectivity index (χ3n) is 2.97. The normalized spacial score (nSPS) is 11.8. The summed E-state index contributed by atoms with van der Waals surface area (Å²) >= 11 is 0. The van der Waals surface area contributed by atoms with Gasteiger partial charge >= 0.3 is 5.97 Å². The minimum atomic E-state index is -3.68. The molecule has 1 rings (SSSR count). The molecule has 0 aromatic heterocycles. The molecule has 0 unspecified atom stereocenters. The number of hydrogen-bond acceptors (Lipinski definition) is 4. The molecule has 0 aliphatic rings. The number of sulfonamides is 1. The van der Waals surface area contributed by atoms with Gasteiger partial charge in [-0.3, -0.25) is 0 Å². The third-order valence-corrected chi connectivity index (χ3v) is 4.82. The SMILES string of the molecule is COCCCN(C)S(=O)(=O)c1ccc(C)c(C(=O)O)c1. The number of aromatic carboxylic acids is 1. The van der Waals surface area contributed by atoms with Crippen LogP contribution in [0, 0.1) is 6.92 Å². The number of hydrogen-bond donors (Lipinski definition) is 1. The predicted molar refractivity (Wildman–Crippen MR) is 74.4 cm³/mol. The van der Waals surface area contributed by atoms with Crippen molar-refractivity contribution in [1.29, 1.82) is 0 Å². The number of ether oxygens (including phenoxy) is 1. The number of carboxylic acids is 1. The Morgan fingerprint density at radius 1 is 1.40 bits per heavy atom. The largest absolute Gasteiger partial charge is 0.478 e. The third kappa shape index (κ3) is 3.78. The van der Waals surface area contributed by atoms with Crippen molar-refractivity contribution in [2.75, 3.05) is 27.3 Å². The van der Waals surface area contributed by atoms with Gasteiger partial charge in [0.15, 0.2) is 0 Å². The number of carbonyl (C=O) groups is 1. The molecule has 0 heterocycles. The molecule has 7 heteroatoms. The molecule has 1 aromatic rings. The summed E-state index contributed by atoms with van der Waals surface area (Å²) < 4.78 is 30.7. The first-order chi connectivity index (χ1) is 9.30. The van der Waals surface area contributed by atoms with Crippen LogP contribution in [0.1, 0.15) is 22.3 Å². The number of nitrogens with zero attached hydrogens (tertiary/aromatic N) is 1. The Kier molecular flexibility index (Phi) is 5.67. The molecular weight excluding hydrogens is 282 g/mol. The molecule has 1 aromatic carbocycles. The van der Waals surface area contributed by atoms with Crippen molar-refractivity contribution in [2.24, 2.45) is 0 Å². The van der Waals surface area contributed by atoms with Gasteiger partial charge in [-0.25, -0.2) is 17.5 Å². The number of aryl methyl sites for hydroxylation is 1.